The molecule has 104 valence electrons. The van der Waals surface area contributed by atoms with Crippen LogP contribution in [0.5, 0.6) is 0 Å². The molecule has 0 aliphatic heterocycles. The molecule has 2 rings (SSSR count). The van der Waals surface area contributed by atoms with Crippen molar-refractivity contribution in [3.63, 3.8) is 0 Å². The van der Waals surface area contributed by atoms with Crippen LogP contribution < -0.4 is 10.6 Å². The molecule has 2 N–H and O–H groups in total. The molecule has 2 aromatic carbocycles. The van der Waals surface area contributed by atoms with Gasteiger partial charge < -0.3 is 10.6 Å². The highest BCUT2D eigenvalue weighted by Crippen LogP contribution is 2.24. The van der Waals surface area contributed by atoms with E-state index in [-0.39, 0.29) is 6.03 Å². The third kappa shape index (κ3) is 3.84. The monoisotopic (exact) mass is 332 g/mol. The third-order valence-electron chi connectivity index (χ3n) is 2.93. The number of hydrogen-bond acceptors (Lipinski definition) is 1. The summed E-state index contributed by atoms with van der Waals surface area (Å²) < 4.78 is 0.980. The van der Waals surface area contributed by atoms with Gasteiger partial charge in [0, 0.05) is 15.8 Å². The zero-order valence-corrected chi connectivity index (χ0v) is 13.1. The average molecular weight is 333 g/mol. The number of carbonyl (C=O) groups excluding carboxylic acids is 1. The Labute approximate surface area is 127 Å². The summed E-state index contributed by atoms with van der Waals surface area (Å²) in [6.07, 6.45) is 0. The fraction of sp³-hybridized carbons (Fsp3) is 0.188. The van der Waals surface area contributed by atoms with Gasteiger partial charge in [-0.15, -0.1) is 0 Å². The number of benzene rings is 2. The molecule has 0 saturated heterocycles. The Hall–Kier alpha value is -1.81. The van der Waals surface area contributed by atoms with Gasteiger partial charge in [0.1, 0.15) is 0 Å². The molecule has 0 aromatic heterocycles. The van der Waals surface area contributed by atoms with Gasteiger partial charge in [-0.25, -0.2) is 4.79 Å². The molecule has 3 nitrogen and oxygen atoms in total. The number of urea groups is 1. The van der Waals surface area contributed by atoms with Crippen molar-refractivity contribution >= 4 is 33.3 Å². The van der Waals surface area contributed by atoms with Gasteiger partial charge in [0.2, 0.25) is 0 Å². The highest BCUT2D eigenvalue weighted by atomic mass is 79.9. The van der Waals surface area contributed by atoms with Crippen molar-refractivity contribution in [2.24, 2.45) is 0 Å². The topological polar surface area (TPSA) is 41.1 Å². The van der Waals surface area contributed by atoms with E-state index in [0.29, 0.717) is 5.92 Å². The van der Waals surface area contributed by atoms with Crippen molar-refractivity contribution in [3.05, 3.63) is 58.6 Å². The van der Waals surface area contributed by atoms with Gasteiger partial charge in [0.05, 0.1) is 0 Å². The molecule has 2 amide bonds. The molecule has 4 heteroatoms. The predicted molar refractivity (Wildman–Crippen MR) is 87.3 cm³/mol. The second-order valence-corrected chi connectivity index (χ2v) is 5.74. The number of para-hydroxylation sites is 1. The SMILES string of the molecule is CC(C)c1ccccc1NC(=O)Nc1ccc(Br)cc1. The third-order valence-corrected chi connectivity index (χ3v) is 3.46. The molecule has 20 heavy (non-hydrogen) atoms. The van der Waals surface area contributed by atoms with E-state index in [1.165, 1.54) is 0 Å². The summed E-state index contributed by atoms with van der Waals surface area (Å²) in [7, 11) is 0. The highest BCUT2D eigenvalue weighted by molar-refractivity contribution is 9.10. The highest BCUT2D eigenvalue weighted by Gasteiger charge is 2.08. The maximum absolute atomic E-state index is 12.0. The van der Waals surface area contributed by atoms with Crippen molar-refractivity contribution in [1.29, 1.82) is 0 Å². The van der Waals surface area contributed by atoms with E-state index in [4.69, 9.17) is 0 Å². The first-order chi connectivity index (χ1) is 9.56. The summed E-state index contributed by atoms with van der Waals surface area (Å²) in [5.74, 6) is 0.360. The van der Waals surface area contributed by atoms with Crippen LogP contribution in [0.3, 0.4) is 0 Å². The summed E-state index contributed by atoms with van der Waals surface area (Å²) in [4.78, 5) is 12.0. The summed E-state index contributed by atoms with van der Waals surface area (Å²) >= 11 is 3.36. The minimum Gasteiger partial charge on any atom is -0.308 e. The fourth-order valence-corrected chi connectivity index (χ4v) is 2.20. The van der Waals surface area contributed by atoms with Crippen LogP contribution in [-0.2, 0) is 0 Å². The van der Waals surface area contributed by atoms with Gasteiger partial charge in [-0.3, -0.25) is 0 Å². The number of anilines is 2. The smallest absolute Gasteiger partial charge is 0.308 e. The Kier molecular flexibility index (Phi) is 4.79. The van der Waals surface area contributed by atoms with Crippen LogP contribution in [0.15, 0.2) is 53.0 Å². The Bertz CT molecular complexity index is 594. The lowest BCUT2D eigenvalue weighted by Gasteiger charge is -2.14. The second kappa shape index (κ2) is 6.57. The first-order valence-corrected chi connectivity index (χ1v) is 7.28. The van der Waals surface area contributed by atoms with E-state index in [1.807, 2.05) is 48.5 Å². The quantitative estimate of drug-likeness (QED) is 0.795. The van der Waals surface area contributed by atoms with E-state index >= 15 is 0 Å². The van der Waals surface area contributed by atoms with E-state index in [0.717, 1.165) is 21.4 Å². The van der Waals surface area contributed by atoms with E-state index in [9.17, 15) is 4.79 Å². The molecule has 0 saturated carbocycles. The normalized spacial score (nSPS) is 10.4. The van der Waals surface area contributed by atoms with Crippen LogP contribution in [0.4, 0.5) is 16.2 Å². The number of amides is 2. The molecule has 2 aromatic rings. The van der Waals surface area contributed by atoms with Crippen molar-refractivity contribution in [3.8, 4) is 0 Å². The lowest BCUT2D eigenvalue weighted by Crippen LogP contribution is -2.20. The summed E-state index contributed by atoms with van der Waals surface area (Å²) in [5, 5.41) is 5.71. The first kappa shape index (κ1) is 14.6. The number of halogens is 1. The molecule has 0 heterocycles. The van der Waals surface area contributed by atoms with Crippen LogP contribution in [0.25, 0.3) is 0 Å². The lowest BCUT2D eigenvalue weighted by molar-refractivity contribution is 0.262. The van der Waals surface area contributed by atoms with Crippen LogP contribution in [0.1, 0.15) is 25.3 Å². The fourth-order valence-electron chi connectivity index (χ4n) is 1.93. The first-order valence-electron chi connectivity index (χ1n) is 6.49. The van der Waals surface area contributed by atoms with Gasteiger partial charge in [-0.05, 0) is 41.8 Å². The molecule has 0 unspecified atom stereocenters. The molecule has 0 aliphatic carbocycles. The molecule has 0 atom stereocenters. The maximum atomic E-state index is 12.0. The van der Waals surface area contributed by atoms with Crippen molar-refractivity contribution < 1.29 is 4.79 Å². The summed E-state index contributed by atoms with van der Waals surface area (Å²) in [6, 6.07) is 15.1. The van der Waals surface area contributed by atoms with Crippen molar-refractivity contribution in [1.82, 2.24) is 0 Å². The molecule has 0 fully saturated rings. The second-order valence-electron chi connectivity index (χ2n) is 4.83. The average Bonchev–Trinajstić information content (AvgIpc) is 2.41. The number of rotatable bonds is 3. The van der Waals surface area contributed by atoms with Gasteiger partial charge in [0.25, 0.3) is 0 Å². The minimum absolute atomic E-state index is 0.236. The van der Waals surface area contributed by atoms with E-state index < -0.39 is 0 Å². The molecule has 0 radical (unpaired) electrons. The van der Waals surface area contributed by atoms with Crippen molar-refractivity contribution in [2.45, 2.75) is 19.8 Å². The van der Waals surface area contributed by atoms with Crippen LogP contribution in [0.2, 0.25) is 0 Å². The molecule has 0 bridgehead atoms. The van der Waals surface area contributed by atoms with Gasteiger partial charge >= 0.3 is 6.03 Å². The molecular weight excluding hydrogens is 316 g/mol. The van der Waals surface area contributed by atoms with Gasteiger partial charge in [0.15, 0.2) is 0 Å². The van der Waals surface area contributed by atoms with Crippen LogP contribution in [0, 0.1) is 0 Å². The molecular formula is C16H17BrN2O. The Morgan fingerprint density at radius 2 is 1.65 bits per heavy atom. The minimum atomic E-state index is -0.236. The van der Waals surface area contributed by atoms with E-state index in [2.05, 4.69) is 40.4 Å². The van der Waals surface area contributed by atoms with Gasteiger partial charge in [-0.2, -0.15) is 0 Å². The number of hydrogen-bond donors (Lipinski definition) is 2. The maximum Gasteiger partial charge on any atom is 0.323 e. The standard InChI is InChI=1S/C16H17BrN2O/c1-11(2)14-5-3-4-6-15(14)19-16(20)18-13-9-7-12(17)8-10-13/h3-11H,1-2H3,(H2,18,19,20). The number of carbonyl (C=O) groups is 1. The largest absolute Gasteiger partial charge is 0.323 e. The zero-order valence-electron chi connectivity index (χ0n) is 11.5. The van der Waals surface area contributed by atoms with E-state index in [1.54, 1.807) is 0 Å². The van der Waals surface area contributed by atoms with Gasteiger partial charge in [-0.1, -0.05) is 48.0 Å². The number of nitrogens with one attached hydrogen (secondary N) is 2. The summed E-state index contributed by atoms with van der Waals surface area (Å²) in [6.45, 7) is 4.21. The van der Waals surface area contributed by atoms with Crippen molar-refractivity contribution in [2.75, 3.05) is 10.6 Å². The predicted octanol–water partition coefficient (Wildman–Crippen LogP) is 5.22. The lowest BCUT2D eigenvalue weighted by atomic mass is 10.0. The Morgan fingerprint density at radius 1 is 1.00 bits per heavy atom. The van der Waals surface area contributed by atoms with Crippen LogP contribution >= 0.6 is 15.9 Å². The van der Waals surface area contributed by atoms with Crippen LogP contribution in [-0.4, -0.2) is 6.03 Å². The zero-order chi connectivity index (χ0) is 14.5. The molecule has 0 spiro atoms. The Balaban J connectivity index is 2.07. The Morgan fingerprint density at radius 3 is 2.30 bits per heavy atom. The summed E-state index contributed by atoms with van der Waals surface area (Å²) in [5.41, 5.74) is 2.73. The molecule has 0 aliphatic rings.